The lowest BCUT2D eigenvalue weighted by molar-refractivity contribution is -0.137. The van der Waals surface area contributed by atoms with Crippen molar-refractivity contribution >= 4 is 11.8 Å². The maximum absolute atomic E-state index is 11.7. The number of hydrogen-bond acceptors (Lipinski definition) is 4. The van der Waals surface area contributed by atoms with Crippen LogP contribution in [0.25, 0.3) is 0 Å². The Morgan fingerprint density at radius 3 is 2.76 bits per heavy atom. The molecule has 1 aliphatic rings. The fraction of sp³-hybridized carbons (Fsp3) is 0.250. The predicted octanol–water partition coefficient (Wildman–Crippen LogP) is 0.905. The Bertz CT molecular complexity index is 508. The molecule has 1 aliphatic heterocycles. The van der Waals surface area contributed by atoms with Crippen LogP contribution in [0.1, 0.15) is 12.5 Å². The van der Waals surface area contributed by atoms with Crippen LogP contribution in [0, 0.1) is 0 Å². The average molecular weight is 232 g/mol. The Morgan fingerprint density at radius 2 is 2.18 bits per heavy atom. The van der Waals surface area contributed by atoms with Crippen LogP contribution in [0.2, 0.25) is 0 Å². The lowest BCUT2D eigenvalue weighted by Gasteiger charge is -2.14. The molecule has 0 aliphatic carbocycles. The van der Waals surface area contributed by atoms with Crippen molar-refractivity contribution in [3.05, 3.63) is 35.5 Å². The van der Waals surface area contributed by atoms with Gasteiger partial charge in [0, 0.05) is 23.9 Å². The minimum atomic E-state index is -0.275. The highest BCUT2D eigenvalue weighted by molar-refractivity contribution is 6.15. The van der Waals surface area contributed by atoms with Gasteiger partial charge in [-0.25, -0.2) is 4.98 Å². The number of rotatable bonds is 3. The number of aromatic nitrogens is 1. The molecule has 0 atom stereocenters. The molecule has 1 aromatic heterocycles. The second-order valence-electron chi connectivity index (χ2n) is 3.76. The van der Waals surface area contributed by atoms with Gasteiger partial charge in [-0.2, -0.15) is 0 Å². The van der Waals surface area contributed by atoms with Crippen LogP contribution >= 0.6 is 0 Å². The molecule has 0 unspecified atom stereocenters. The van der Waals surface area contributed by atoms with Crippen molar-refractivity contribution in [2.24, 2.45) is 0 Å². The van der Waals surface area contributed by atoms with Crippen molar-refractivity contribution in [3.8, 4) is 5.88 Å². The summed E-state index contributed by atoms with van der Waals surface area (Å²) in [6.45, 7) is 1.87. The van der Waals surface area contributed by atoms with E-state index in [2.05, 4.69) is 4.98 Å². The number of amides is 2. The van der Waals surface area contributed by atoms with E-state index in [-0.39, 0.29) is 18.4 Å². The maximum atomic E-state index is 11.7. The fourth-order valence-corrected chi connectivity index (χ4v) is 1.63. The van der Waals surface area contributed by atoms with Gasteiger partial charge in [0.15, 0.2) is 0 Å². The van der Waals surface area contributed by atoms with Gasteiger partial charge in [-0.15, -0.1) is 0 Å². The van der Waals surface area contributed by atoms with E-state index >= 15 is 0 Å². The molecule has 5 heteroatoms. The van der Waals surface area contributed by atoms with Gasteiger partial charge < -0.3 is 4.74 Å². The predicted molar refractivity (Wildman–Crippen MR) is 60.1 cm³/mol. The fourth-order valence-electron chi connectivity index (χ4n) is 1.63. The van der Waals surface area contributed by atoms with Gasteiger partial charge in [0.2, 0.25) is 5.88 Å². The van der Waals surface area contributed by atoms with Crippen molar-refractivity contribution in [2.45, 2.75) is 13.5 Å². The van der Waals surface area contributed by atoms with Crippen LogP contribution in [-0.4, -0.2) is 28.8 Å². The third-order valence-electron chi connectivity index (χ3n) is 2.54. The third kappa shape index (κ3) is 2.18. The van der Waals surface area contributed by atoms with Gasteiger partial charge in [0.05, 0.1) is 13.7 Å². The first-order chi connectivity index (χ1) is 8.11. The van der Waals surface area contributed by atoms with Crippen molar-refractivity contribution in [1.82, 2.24) is 9.88 Å². The molecule has 0 N–H and O–H groups in total. The number of carbonyl (C=O) groups is 2. The molecule has 88 valence electrons. The van der Waals surface area contributed by atoms with Crippen LogP contribution in [0.5, 0.6) is 5.88 Å². The molecule has 17 heavy (non-hydrogen) atoms. The van der Waals surface area contributed by atoms with Crippen molar-refractivity contribution in [3.63, 3.8) is 0 Å². The lowest BCUT2D eigenvalue weighted by Crippen LogP contribution is -2.30. The first kappa shape index (κ1) is 11.3. The number of ether oxygens (including phenoxy) is 1. The Balaban J connectivity index is 2.17. The molecule has 0 saturated carbocycles. The highest BCUT2D eigenvalue weighted by Crippen LogP contribution is 2.17. The third-order valence-corrected chi connectivity index (χ3v) is 2.54. The topological polar surface area (TPSA) is 59.5 Å². The zero-order valence-corrected chi connectivity index (χ0v) is 9.64. The van der Waals surface area contributed by atoms with Crippen molar-refractivity contribution in [2.75, 3.05) is 7.11 Å². The summed E-state index contributed by atoms with van der Waals surface area (Å²) in [5.41, 5.74) is 1.28. The maximum Gasteiger partial charge on any atom is 0.256 e. The second kappa shape index (κ2) is 4.37. The molecule has 0 spiro atoms. The number of methoxy groups -OCH3 is 1. The molecule has 2 rings (SSSR count). The van der Waals surface area contributed by atoms with E-state index < -0.39 is 0 Å². The average Bonchev–Trinajstić information content (AvgIpc) is 2.56. The molecule has 5 nitrogen and oxygen atoms in total. The summed E-state index contributed by atoms with van der Waals surface area (Å²) in [6.07, 6.45) is 2.93. The van der Waals surface area contributed by atoms with Crippen molar-refractivity contribution in [1.29, 1.82) is 0 Å². The molecule has 0 aromatic carbocycles. The molecular weight excluding hydrogens is 220 g/mol. The van der Waals surface area contributed by atoms with Crippen LogP contribution in [0.4, 0.5) is 0 Å². The highest BCUT2D eigenvalue weighted by Gasteiger charge is 2.28. The van der Waals surface area contributed by atoms with E-state index in [0.29, 0.717) is 11.5 Å². The van der Waals surface area contributed by atoms with E-state index in [1.165, 1.54) is 18.1 Å². The van der Waals surface area contributed by atoms with Gasteiger partial charge in [-0.1, -0.05) is 0 Å². The smallest absolute Gasteiger partial charge is 0.256 e. The molecule has 2 amide bonds. The van der Waals surface area contributed by atoms with Crippen LogP contribution < -0.4 is 4.74 Å². The van der Waals surface area contributed by atoms with Crippen molar-refractivity contribution < 1.29 is 14.3 Å². The summed E-state index contributed by atoms with van der Waals surface area (Å²) in [5.74, 6) is -0.0552. The molecule has 0 radical (unpaired) electrons. The van der Waals surface area contributed by atoms with Crippen LogP contribution in [0.15, 0.2) is 30.0 Å². The Labute approximate surface area is 98.7 Å². The van der Waals surface area contributed by atoms with Gasteiger partial charge in [0.1, 0.15) is 0 Å². The lowest BCUT2D eigenvalue weighted by atomic mass is 10.2. The molecule has 0 bridgehead atoms. The Morgan fingerprint density at radius 1 is 1.41 bits per heavy atom. The van der Waals surface area contributed by atoms with Crippen LogP contribution in [0.3, 0.4) is 0 Å². The normalized spacial score (nSPS) is 15.2. The first-order valence-electron chi connectivity index (χ1n) is 5.15. The molecule has 0 saturated heterocycles. The van der Waals surface area contributed by atoms with E-state index in [0.717, 1.165) is 5.56 Å². The summed E-state index contributed by atoms with van der Waals surface area (Å²) < 4.78 is 4.98. The second-order valence-corrected chi connectivity index (χ2v) is 3.76. The summed E-state index contributed by atoms with van der Waals surface area (Å²) in [5, 5.41) is 0. The summed E-state index contributed by atoms with van der Waals surface area (Å²) in [6, 6.07) is 3.45. The first-order valence-corrected chi connectivity index (χ1v) is 5.15. The van der Waals surface area contributed by atoms with E-state index in [1.807, 2.05) is 0 Å². The summed E-state index contributed by atoms with van der Waals surface area (Å²) in [4.78, 5) is 28.4. The summed E-state index contributed by atoms with van der Waals surface area (Å²) >= 11 is 0. The molecular formula is C12H12N2O3. The minimum absolute atomic E-state index is 0.240. The van der Waals surface area contributed by atoms with Gasteiger partial charge in [-0.05, 0) is 18.6 Å². The van der Waals surface area contributed by atoms with Gasteiger partial charge in [0.25, 0.3) is 11.8 Å². The van der Waals surface area contributed by atoms with Gasteiger partial charge >= 0.3 is 0 Å². The molecule has 0 fully saturated rings. The van der Waals surface area contributed by atoms with E-state index in [9.17, 15) is 9.59 Å². The zero-order valence-electron chi connectivity index (χ0n) is 9.64. The van der Waals surface area contributed by atoms with Crippen LogP contribution in [-0.2, 0) is 16.1 Å². The van der Waals surface area contributed by atoms with Gasteiger partial charge in [-0.3, -0.25) is 14.5 Å². The Kier molecular flexibility index (Phi) is 2.91. The monoisotopic (exact) mass is 232 g/mol. The number of imide groups is 1. The number of hydrogen-bond donors (Lipinski definition) is 0. The molecule has 2 heterocycles. The number of carbonyl (C=O) groups excluding carboxylic acids is 2. The molecule has 1 aromatic rings. The quantitative estimate of drug-likeness (QED) is 0.727. The SMILES string of the molecule is COc1cc(CN2C(=O)C=C(C)C2=O)ccn1. The number of nitrogens with zero attached hydrogens (tertiary/aromatic N) is 2. The number of pyridine rings is 1. The minimum Gasteiger partial charge on any atom is -0.481 e. The van der Waals surface area contributed by atoms with E-state index in [1.54, 1.807) is 25.3 Å². The zero-order chi connectivity index (χ0) is 12.4. The van der Waals surface area contributed by atoms with E-state index in [4.69, 9.17) is 4.74 Å². The highest BCUT2D eigenvalue weighted by atomic mass is 16.5. The summed E-state index contributed by atoms with van der Waals surface area (Å²) in [7, 11) is 1.52. The Hall–Kier alpha value is -2.17. The standard InChI is InChI=1S/C12H12N2O3/c1-8-5-11(15)14(12(8)16)7-9-3-4-13-10(6-9)17-2/h3-6H,7H2,1-2H3. The largest absolute Gasteiger partial charge is 0.481 e.